The Morgan fingerprint density at radius 2 is 2.24 bits per heavy atom. The van der Waals surface area contributed by atoms with Gasteiger partial charge in [0.2, 0.25) is 0 Å². The van der Waals surface area contributed by atoms with Crippen LogP contribution in [0.1, 0.15) is 16.1 Å². The zero-order valence-electron chi connectivity index (χ0n) is 11.5. The predicted molar refractivity (Wildman–Crippen MR) is 89.5 cm³/mol. The quantitative estimate of drug-likeness (QED) is 0.669. The molecule has 1 heterocycles. The average Bonchev–Trinajstić information content (AvgIpc) is 2.98. The number of rotatable bonds is 6. The Bertz CT molecular complexity index is 601. The molecule has 0 N–H and O–H groups in total. The van der Waals surface area contributed by atoms with Crippen LogP contribution in [0, 0.1) is 3.57 Å². The first-order valence-electron chi connectivity index (χ1n) is 6.37. The molecular formula is C15H15ClINO3. The maximum absolute atomic E-state index is 12.7. The van der Waals surface area contributed by atoms with Crippen LogP contribution in [0.4, 0.5) is 0 Å². The summed E-state index contributed by atoms with van der Waals surface area (Å²) in [5.41, 5.74) is 0.589. The van der Waals surface area contributed by atoms with Crippen molar-refractivity contribution in [2.24, 2.45) is 0 Å². The molecule has 21 heavy (non-hydrogen) atoms. The maximum Gasteiger partial charge on any atom is 0.255 e. The van der Waals surface area contributed by atoms with E-state index >= 15 is 0 Å². The van der Waals surface area contributed by atoms with Crippen LogP contribution in [-0.4, -0.2) is 31.1 Å². The second kappa shape index (κ2) is 7.82. The Kier molecular flexibility index (Phi) is 6.08. The van der Waals surface area contributed by atoms with E-state index < -0.39 is 0 Å². The topological polar surface area (TPSA) is 42.7 Å². The van der Waals surface area contributed by atoms with Crippen molar-refractivity contribution in [3.63, 3.8) is 0 Å². The fourth-order valence-electron chi connectivity index (χ4n) is 1.88. The molecule has 4 nitrogen and oxygen atoms in total. The minimum Gasteiger partial charge on any atom is -0.467 e. The van der Waals surface area contributed by atoms with E-state index in [1.807, 2.05) is 12.1 Å². The molecule has 0 aliphatic carbocycles. The second-order valence-corrected chi connectivity index (χ2v) is 6.02. The number of hydrogen-bond donors (Lipinski definition) is 0. The summed E-state index contributed by atoms with van der Waals surface area (Å²) in [5, 5.41) is 0.545. The lowest BCUT2D eigenvalue weighted by Crippen LogP contribution is -2.33. The number of amides is 1. The van der Waals surface area contributed by atoms with E-state index in [0.717, 1.165) is 9.33 Å². The molecule has 0 fully saturated rings. The number of ether oxygens (including phenoxy) is 1. The Morgan fingerprint density at radius 3 is 2.90 bits per heavy atom. The molecule has 0 atom stereocenters. The Labute approximate surface area is 142 Å². The summed E-state index contributed by atoms with van der Waals surface area (Å²) in [6.45, 7) is 1.35. The van der Waals surface area contributed by atoms with Crippen molar-refractivity contribution >= 4 is 40.1 Å². The van der Waals surface area contributed by atoms with Crippen molar-refractivity contribution in [3.05, 3.63) is 56.5 Å². The number of methoxy groups -OCH3 is 1. The fourth-order valence-corrected chi connectivity index (χ4v) is 2.61. The van der Waals surface area contributed by atoms with Gasteiger partial charge in [-0.3, -0.25) is 4.79 Å². The van der Waals surface area contributed by atoms with Gasteiger partial charge in [-0.25, -0.2) is 0 Å². The lowest BCUT2D eigenvalue weighted by molar-refractivity contribution is 0.0665. The first kappa shape index (κ1) is 16.3. The third kappa shape index (κ3) is 4.46. The monoisotopic (exact) mass is 419 g/mol. The van der Waals surface area contributed by atoms with Gasteiger partial charge in [0, 0.05) is 22.2 Å². The molecule has 112 valence electrons. The largest absolute Gasteiger partial charge is 0.467 e. The third-order valence-electron chi connectivity index (χ3n) is 2.94. The van der Waals surface area contributed by atoms with Gasteiger partial charge in [-0.05, 0) is 52.9 Å². The molecule has 1 aromatic heterocycles. The number of nitrogens with zero attached hydrogens (tertiary/aromatic N) is 1. The van der Waals surface area contributed by atoms with Crippen LogP contribution in [0.25, 0.3) is 0 Å². The van der Waals surface area contributed by atoms with Gasteiger partial charge >= 0.3 is 0 Å². The van der Waals surface area contributed by atoms with E-state index in [2.05, 4.69) is 22.6 Å². The number of hydrogen-bond acceptors (Lipinski definition) is 3. The summed E-state index contributed by atoms with van der Waals surface area (Å²) in [7, 11) is 1.61. The molecule has 0 saturated carbocycles. The van der Waals surface area contributed by atoms with Gasteiger partial charge in [-0.2, -0.15) is 0 Å². The van der Waals surface area contributed by atoms with E-state index in [0.29, 0.717) is 30.3 Å². The average molecular weight is 420 g/mol. The van der Waals surface area contributed by atoms with Gasteiger partial charge in [-0.1, -0.05) is 11.6 Å². The highest BCUT2D eigenvalue weighted by molar-refractivity contribution is 14.1. The van der Waals surface area contributed by atoms with Crippen molar-refractivity contribution in [1.82, 2.24) is 4.90 Å². The molecule has 0 aliphatic rings. The van der Waals surface area contributed by atoms with Crippen LogP contribution in [-0.2, 0) is 11.3 Å². The minimum atomic E-state index is -0.0876. The summed E-state index contributed by atoms with van der Waals surface area (Å²) < 4.78 is 11.3. The van der Waals surface area contributed by atoms with Crippen LogP contribution in [0.15, 0.2) is 41.0 Å². The molecule has 0 radical (unpaired) electrons. The van der Waals surface area contributed by atoms with Crippen molar-refractivity contribution in [2.75, 3.05) is 20.3 Å². The van der Waals surface area contributed by atoms with Crippen molar-refractivity contribution in [3.8, 4) is 0 Å². The highest BCUT2D eigenvalue weighted by Crippen LogP contribution is 2.20. The highest BCUT2D eigenvalue weighted by atomic mass is 127. The molecule has 1 aromatic carbocycles. The first-order valence-corrected chi connectivity index (χ1v) is 7.83. The molecule has 0 bridgehead atoms. The van der Waals surface area contributed by atoms with E-state index in [1.165, 1.54) is 0 Å². The molecule has 6 heteroatoms. The number of halogens is 2. The van der Waals surface area contributed by atoms with Gasteiger partial charge in [0.1, 0.15) is 5.76 Å². The molecule has 2 rings (SSSR count). The third-order valence-corrected chi connectivity index (χ3v) is 4.11. The van der Waals surface area contributed by atoms with Gasteiger partial charge in [0.15, 0.2) is 0 Å². The smallest absolute Gasteiger partial charge is 0.255 e. The molecule has 0 unspecified atom stereocenters. The maximum atomic E-state index is 12.7. The zero-order valence-corrected chi connectivity index (χ0v) is 14.4. The molecule has 2 aromatic rings. The van der Waals surface area contributed by atoms with E-state index in [9.17, 15) is 4.79 Å². The summed E-state index contributed by atoms with van der Waals surface area (Å²) in [6.07, 6.45) is 1.59. The van der Waals surface area contributed by atoms with Crippen LogP contribution in [0.3, 0.4) is 0 Å². The van der Waals surface area contributed by atoms with Gasteiger partial charge in [0.25, 0.3) is 5.91 Å². The minimum absolute atomic E-state index is 0.0876. The summed E-state index contributed by atoms with van der Waals surface area (Å²) >= 11 is 8.13. The molecule has 0 spiro atoms. The van der Waals surface area contributed by atoms with Crippen LogP contribution in [0.2, 0.25) is 5.02 Å². The number of furan rings is 1. The van der Waals surface area contributed by atoms with Crippen molar-refractivity contribution < 1.29 is 13.9 Å². The number of benzene rings is 1. The van der Waals surface area contributed by atoms with Gasteiger partial charge < -0.3 is 14.1 Å². The summed E-state index contributed by atoms with van der Waals surface area (Å²) in [6, 6.07) is 8.94. The van der Waals surface area contributed by atoms with E-state index in [-0.39, 0.29) is 5.91 Å². The van der Waals surface area contributed by atoms with Gasteiger partial charge in [0.05, 0.1) is 25.0 Å². The van der Waals surface area contributed by atoms with Crippen LogP contribution >= 0.6 is 34.2 Å². The molecule has 0 saturated heterocycles. The lowest BCUT2D eigenvalue weighted by atomic mass is 10.2. The SMILES string of the molecule is COCCN(Cc1ccco1)C(=O)c1cc(Cl)ccc1I. The second-order valence-electron chi connectivity index (χ2n) is 4.42. The normalized spacial score (nSPS) is 10.6. The summed E-state index contributed by atoms with van der Waals surface area (Å²) in [5.74, 6) is 0.645. The van der Waals surface area contributed by atoms with E-state index in [4.69, 9.17) is 20.8 Å². The Hall–Kier alpha value is -1.05. The zero-order chi connectivity index (χ0) is 15.2. The Morgan fingerprint density at radius 1 is 1.43 bits per heavy atom. The lowest BCUT2D eigenvalue weighted by Gasteiger charge is -2.22. The standard InChI is InChI=1S/C15H15ClINO3/c1-20-8-6-18(10-12-3-2-7-21-12)15(19)13-9-11(16)4-5-14(13)17/h2-5,7,9H,6,8,10H2,1H3. The van der Waals surface area contributed by atoms with Crippen molar-refractivity contribution in [1.29, 1.82) is 0 Å². The number of carbonyl (C=O) groups excluding carboxylic acids is 1. The van der Waals surface area contributed by atoms with E-state index in [1.54, 1.807) is 36.5 Å². The summed E-state index contributed by atoms with van der Waals surface area (Å²) in [4.78, 5) is 14.4. The van der Waals surface area contributed by atoms with Crippen LogP contribution < -0.4 is 0 Å². The molecular weight excluding hydrogens is 405 g/mol. The molecule has 1 amide bonds. The highest BCUT2D eigenvalue weighted by Gasteiger charge is 2.19. The van der Waals surface area contributed by atoms with Gasteiger partial charge in [-0.15, -0.1) is 0 Å². The molecule has 0 aliphatic heterocycles. The predicted octanol–water partition coefficient (Wildman–Crippen LogP) is 3.83. The number of carbonyl (C=O) groups is 1. The van der Waals surface area contributed by atoms with Crippen molar-refractivity contribution in [2.45, 2.75) is 6.54 Å². The first-order chi connectivity index (χ1) is 10.1. The Balaban J connectivity index is 2.22. The van der Waals surface area contributed by atoms with Crippen LogP contribution in [0.5, 0.6) is 0 Å². The fraction of sp³-hybridized carbons (Fsp3) is 0.267.